The van der Waals surface area contributed by atoms with Crippen molar-refractivity contribution in [1.29, 1.82) is 0 Å². The van der Waals surface area contributed by atoms with Crippen LogP contribution in [-0.2, 0) is 27.1 Å². The van der Waals surface area contributed by atoms with Gasteiger partial charge in [-0.15, -0.1) is 3.77 Å². The van der Waals surface area contributed by atoms with Crippen LogP contribution in [0.4, 0.5) is 0 Å². The van der Waals surface area contributed by atoms with Crippen LogP contribution in [0, 0.1) is 0 Å². The molecule has 0 aliphatic rings. The lowest BCUT2D eigenvalue weighted by molar-refractivity contribution is 0.556. The summed E-state index contributed by atoms with van der Waals surface area (Å²) in [6.07, 6.45) is 23.7. The van der Waals surface area contributed by atoms with Gasteiger partial charge in [0.1, 0.15) is 0 Å². The largest absolute Gasteiger partial charge is 0.287 e. The fraction of sp³-hybridized carbons (Fsp3) is 0.778. The highest BCUT2D eigenvalue weighted by atomic mass is 32.3. The van der Waals surface area contributed by atoms with E-state index in [4.69, 9.17) is 0 Å². The second-order valence-corrected chi connectivity index (χ2v) is 12.8. The molecule has 0 fully saturated rings. The number of hydrogen-bond donors (Lipinski definition) is 0. The molecule has 0 saturated carbocycles. The van der Waals surface area contributed by atoms with Gasteiger partial charge in [0.2, 0.25) is 0 Å². The van der Waals surface area contributed by atoms with E-state index in [1.54, 1.807) is 12.1 Å². The minimum atomic E-state index is -3.53. The molecule has 5 heteroatoms. The Morgan fingerprint density at radius 1 is 0.656 bits per heavy atom. The third kappa shape index (κ3) is 14.5. The number of hydrogen-bond acceptors (Lipinski definition) is 2. The zero-order valence-electron chi connectivity index (χ0n) is 21.1. The first-order valence-electron chi connectivity index (χ1n) is 13.2. The summed E-state index contributed by atoms with van der Waals surface area (Å²) in [5.74, 6) is 0.877. The Labute approximate surface area is 202 Å². The summed E-state index contributed by atoms with van der Waals surface area (Å²) in [7, 11) is -3.96. The predicted octanol–water partition coefficient (Wildman–Crippen LogP) is 8.63. The molecule has 0 bridgehead atoms. The van der Waals surface area contributed by atoms with Crippen molar-refractivity contribution in [1.82, 2.24) is 0 Å². The second kappa shape index (κ2) is 18.7. The Hall–Kier alpha value is -0.680. The molecule has 1 aromatic rings. The fourth-order valence-corrected chi connectivity index (χ4v) is 7.07. The van der Waals surface area contributed by atoms with E-state index in [-0.39, 0.29) is 0 Å². The Bertz CT molecular complexity index is 712. The molecule has 0 aliphatic carbocycles. The van der Waals surface area contributed by atoms with Gasteiger partial charge < -0.3 is 0 Å². The lowest BCUT2D eigenvalue weighted by Crippen LogP contribution is -2.02. The Morgan fingerprint density at radius 3 is 1.59 bits per heavy atom. The fourth-order valence-electron chi connectivity index (χ4n) is 3.98. The average Bonchev–Trinajstić information content (AvgIpc) is 2.77. The van der Waals surface area contributed by atoms with Crippen molar-refractivity contribution in [3.63, 3.8) is 0 Å². The molecular weight excluding hydrogens is 434 g/mol. The zero-order valence-corrected chi connectivity index (χ0v) is 22.8. The van der Waals surface area contributed by atoms with E-state index in [2.05, 4.69) is 17.6 Å². The lowest BCUT2D eigenvalue weighted by Gasteiger charge is -2.06. The zero-order chi connectivity index (χ0) is 23.5. The van der Waals surface area contributed by atoms with Crippen LogP contribution >= 0.6 is 0 Å². The molecule has 1 atom stereocenters. The lowest BCUT2D eigenvalue weighted by atomic mass is 10.0. The molecule has 0 spiro atoms. The standard InChI is InChI=1S/C27H49NO2S2/c1-4-6-8-10-12-13-14-15-16-18-20-26-21-23-27(24-22-26)32(29,30)28-31(3)25-19-17-11-9-7-5-2/h21-24H,4-20,25H2,1-3H3. The van der Waals surface area contributed by atoms with Gasteiger partial charge >= 0.3 is 0 Å². The molecule has 0 saturated heterocycles. The van der Waals surface area contributed by atoms with Gasteiger partial charge in [-0.3, -0.25) is 0 Å². The summed E-state index contributed by atoms with van der Waals surface area (Å²) in [5, 5.41) is 0. The van der Waals surface area contributed by atoms with Gasteiger partial charge in [0.25, 0.3) is 10.0 Å². The first-order valence-corrected chi connectivity index (χ1v) is 16.4. The quantitative estimate of drug-likeness (QED) is 0.174. The Kier molecular flexibility index (Phi) is 17.2. The maximum Gasteiger partial charge on any atom is 0.287 e. The van der Waals surface area contributed by atoms with Crippen molar-refractivity contribution in [2.75, 3.05) is 12.0 Å². The van der Waals surface area contributed by atoms with Crippen molar-refractivity contribution in [2.45, 2.75) is 128 Å². The van der Waals surface area contributed by atoms with Gasteiger partial charge in [0.15, 0.2) is 0 Å². The first-order chi connectivity index (χ1) is 15.5. The summed E-state index contributed by atoms with van der Waals surface area (Å²) in [4.78, 5) is 0.339. The van der Waals surface area contributed by atoms with Crippen LogP contribution in [-0.4, -0.2) is 20.4 Å². The van der Waals surface area contributed by atoms with Crippen LogP contribution in [0.1, 0.15) is 122 Å². The van der Waals surface area contributed by atoms with E-state index in [1.165, 1.54) is 102 Å². The molecule has 1 aromatic carbocycles. The SMILES string of the molecule is CCCCCCCCCCCCc1ccc(S(=O)(=O)/N=S(\C)CCCCCCCC)cc1. The van der Waals surface area contributed by atoms with Crippen LogP contribution in [0.2, 0.25) is 0 Å². The average molecular weight is 484 g/mol. The van der Waals surface area contributed by atoms with Crippen LogP contribution in [0.15, 0.2) is 32.9 Å². The van der Waals surface area contributed by atoms with Gasteiger partial charge in [0.05, 0.1) is 4.90 Å². The molecule has 0 amide bonds. The van der Waals surface area contributed by atoms with Crippen LogP contribution in [0.25, 0.3) is 0 Å². The number of unbranched alkanes of at least 4 members (excludes halogenated alkanes) is 14. The van der Waals surface area contributed by atoms with Gasteiger partial charge in [-0.25, -0.2) is 0 Å². The van der Waals surface area contributed by atoms with E-state index in [1.807, 2.05) is 18.4 Å². The van der Waals surface area contributed by atoms with E-state index < -0.39 is 20.7 Å². The smallest absolute Gasteiger partial charge is 0.199 e. The summed E-state index contributed by atoms with van der Waals surface area (Å²) in [6.45, 7) is 4.48. The molecule has 32 heavy (non-hydrogen) atoms. The molecule has 1 rings (SSSR count). The second-order valence-electron chi connectivity index (χ2n) is 9.20. The van der Waals surface area contributed by atoms with E-state index in [0.717, 1.165) is 18.6 Å². The molecule has 0 aromatic heterocycles. The van der Waals surface area contributed by atoms with Gasteiger partial charge in [-0.1, -0.05) is 127 Å². The molecule has 0 radical (unpaired) electrons. The van der Waals surface area contributed by atoms with Crippen LogP contribution in [0.3, 0.4) is 0 Å². The number of nitrogens with zero attached hydrogens (tertiary/aromatic N) is 1. The van der Waals surface area contributed by atoms with Gasteiger partial charge in [0, 0.05) is 5.75 Å². The summed E-state index contributed by atoms with van der Waals surface area (Å²) >= 11 is 0. The summed E-state index contributed by atoms with van der Waals surface area (Å²) < 4.78 is 29.4. The van der Waals surface area contributed by atoms with Crippen molar-refractivity contribution >= 4 is 20.7 Å². The summed E-state index contributed by atoms with van der Waals surface area (Å²) in [6, 6.07) is 7.42. The number of aryl methyl sites for hydroxylation is 1. The number of benzene rings is 1. The Morgan fingerprint density at radius 2 is 1.09 bits per heavy atom. The van der Waals surface area contributed by atoms with Crippen molar-refractivity contribution < 1.29 is 8.42 Å². The molecule has 0 N–H and O–H groups in total. The molecule has 0 aliphatic heterocycles. The number of rotatable bonds is 20. The molecule has 3 nitrogen and oxygen atoms in total. The third-order valence-corrected chi connectivity index (χ3v) is 9.61. The maximum absolute atomic E-state index is 12.6. The van der Waals surface area contributed by atoms with E-state index in [0.29, 0.717) is 4.90 Å². The summed E-state index contributed by atoms with van der Waals surface area (Å²) in [5.41, 5.74) is 1.23. The topological polar surface area (TPSA) is 46.5 Å². The molecule has 186 valence electrons. The Balaban J connectivity index is 2.28. The minimum Gasteiger partial charge on any atom is -0.199 e. The van der Waals surface area contributed by atoms with Gasteiger partial charge in [-0.2, -0.15) is 8.42 Å². The normalized spacial score (nSPS) is 13.0. The third-order valence-electron chi connectivity index (χ3n) is 6.06. The van der Waals surface area contributed by atoms with Gasteiger partial charge in [-0.05, 0) is 43.2 Å². The van der Waals surface area contributed by atoms with E-state index in [9.17, 15) is 8.42 Å². The van der Waals surface area contributed by atoms with Crippen molar-refractivity contribution in [2.24, 2.45) is 3.77 Å². The molecular formula is C27H49NO2S2. The van der Waals surface area contributed by atoms with Crippen LogP contribution < -0.4 is 0 Å². The predicted molar refractivity (Wildman–Crippen MR) is 143 cm³/mol. The first kappa shape index (κ1) is 29.4. The highest BCUT2D eigenvalue weighted by Crippen LogP contribution is 2.17. The highest BCUT2D eigenvalue weighted by Gasteiger charge is 2.13. The minimum absolute atomic E-state index is 0.339. The monoisotopic (exact) mass is 483 g/mol. The van der Waals surface area contributed by atoms with Crippen LogP contribution in [0.5, 0.6) is 0 Å². The van der Waals surface area contributed by atoms with Crippen molar-refractivity contribution in [3.05, 3.63) is 29.8 Å². The number of sulfonamides is 1. The highest BCUT2D eigenvalue weighted by molar-refractivity contribution is 7.99. The van der Waals surface area contributed by atoms with Crippen molar-refractivity contribution in [3.8, 4) is 0 Å². The maximum atomic E-state index is 12.6. The molecule has 1 unspecified atom stereocenters. The molecule has 0 heterocycles. The van der Waals surface area contributed by atoms with E-state index >= 15 is 0 Å².